The Labute approximate surface area is 104 Å². The maximum absolute atomic E-state index is 8.78. The lowest BCUT2D eigenvalue weighted by atomic mass is 9.98. The molecule has 0 spiro atoms. The zero-order chi connectivity index (χ0) is 12.7. The van der Waals surface area contributed by atoms with Crippen molar-refractivity contribution in [3.63, 3.8) is 0 Å². The molecular formula is C14H23NO2. The van der Waals surface area contributed by atoms with E-state index in [0.29, 0.717) is 18.9 Å². The molecule has 1 aromatic rings. The standard InChI is InChI=1S/C14H23NO2/c1-3-11(2)13-6-4-5-7-14(13)17-10-12(15)8-9-16/h4-7,11-12,16H,3,8-10,15H2,1-2H3. The van der Waals surface area contributed by atoms with Gasteiger partial charge in [-0.15, -0.1) is 0 Å². The van der Waals surface area contributed by atoms with Gasteiger partial charge in [-0.1, -0.05) is 32.0 Å². The molecule has 3 nitrogen and oxygen atoms in total. The number of aliphatic hydroxyl groups is 1. The van der Waals surface area contributed by atoms with Gasteiger partial charge in [0.05, 0.1) is 0 Å². The van der Waals surface area contributed by atoms with Crippen LogP contribution in [0.25, 0.3) is 0 Å². The summed E-state index contributed by atoms with van der Waals surface area (Å²) >= 11 is 0. The lowest BCUT2D eigenvalue weighted by Gasteiger charge is -2.17. The van der Waals surface area contributed by atoms with E-state index >= 15 is 0 Å². The molecule has 3 N–H and O–H groups in total. The third-order valence-corrected chi connectivity index (χ3v) is 3.02. The first kappa shape index (κ1) is 14.0. The second-order valence-corrected chi connectivity index (χ2v) is 4.43. The summed E-state index contributed by atoms with van der Waals surface area (Å²) in [6.45, 7) is 4.92. The van der Waals surface area contributed by atoms with Gasteiger partial charge in [-0.3, -0.25) is 0 Å². The lowest BCUT2D eigenvalue weighted by molar-refractivity contribution is 0.232. The van der Waals surface area contributed by atoms with Crippen LogP contribution in [0.4, 0.5) is 0 Å². The van der Waals surface area contributed by atoms with Crippen LogP contribution in [0.5, 0.6) is 5.75 Å². The highest BCUT2D eigenvalue weighted by Gasteiger charge is 2.10. The highest BCUT2D eigenvalue weighted by Crippen LogP contribution is 2.28. The minimum Gasteiger partial charge on any atom is -0.492 e. The van der Waals surface area contributed by atoms with Gasteiger partial charge in [0.25, 0.3) is 0 Å². The molecule has 3 heteroatoms. The van der Waals surface area contributed by atoms with Crippen LogP contribution in [-0.4, -0.2) is 24.4 Å². The Morgan fingerprint density at radius 2 is 2.06 bits per heavy atom. The number of hydrogen-bond acceptors (Lipinski definition) is 3. The number of nitrogens with two attached hydrogens (primary N) is 1. The van der Waals surface area contributed by atoms with Gasteiger partial charge in [-0.2, -0.15) is 0 Å². The largest absolute Gasteiger partial charge is 0.492 e. The first-order valence-corrected chi connectivity index (χ1v) is 6.27. The number of aliphatic hydroxyl groups excluding tert-OH is 1. The quantitative estimate of drug-likeness (QED) is 0.765. The minimum absolute atomic E-state index is 0.106. The predicted molar refractivity (Wildman–Crippen MR) is 70.3 cm³/mol. The minimum atomic E-state index is -0.106. The molecule has 0 bridgehead atoms. The summed E-state index contributed by atoms with van der Waals surface area (Å²) in [5, 5.41) is 8.78. The highest BCUT2D eigenvalue weighted by molar-refractivity contribution is 5.35. The van der Waals surface area contributed by atoms with Crippen LogP contribution in [0.1, 0.15) is 38.2 Å². The van der Waals surface area contributed by atoms with Gasteiger partial charge in [-0.25, -0.2) is 0 Å². The molecule has 0 saturated heterocycles. The van der Waals surface area contributed by atoms with E-state index in [1.807, 2.05) is 18.2 Å². The molecule has 0 aliphatic rings. The molecule has 17 heavy (non-hydrogen) atoms. The molecule has 2 unspecified atom stereocenters. The molecule has 96 valence electrons. The highest BCUT2D eigenvalue weighted by atomic mass is 16.5. The Bertz CT molecular complexity index is 328. The average molecular weight is 237 g/mol. The van der Waals surface area contributed by atoms with Crippen molar-refractivity contribution in [2.45, 2.75) is 38.6 Å². The van der Waals surface area contributed by atoms with Crippen molar-refractivity contribution in [2.75, 3.05) is 13.2 Å². The Morgan fingerprint density at radius 1 is 1.35 bits per heavy atom. The number of para-hydroxylation sites is 1. The van der Waals surface area contributed by atoms with E-state index in [4.69, 9.17) is 15.6 Å². The fraction of sp³-hybridized carbons (Fsp3) is 0.571. The molecule has 0 saturated carbocycles. The monoisotopic (exact) mass is 237 g/mol. The van der Waals surface area contributed by atoms with Crippen LogP contribution >= 0.6 is 0 Å². The molecule has 1 rings (SSSR count). The zero-order valence-electron chi connectivity index (χ0n) is 10.7. The molecule has 0 radical (unpaired) electrons. The molecule has 0 aromatic heterocycles. The average Bonchev–Trinajstić information content (AvgIpc) is 2.36. The molecule has 0 aliphatic heterocycles. The summed E-state index contributed by atoms with van der Waals surface area (Å²) in [6, 6.07) is 7.97. The van der Waals surface area contributed by atoms with Crippen LogP contribution in [0.2, 0.25) is 0 Å². The third kappa shape index (κ3) is 4.36. The van der Waals surface area contributed by atoms with Gasteiger partial charge >= 0.3 is 0 Å². The Balaban J connectivity index is 2.63. The summed E-state index contributed by atoms with van der Waals surface area (Å²) in [5.41, 5.74) is 7.03. The summed E-state index contributed by atoms with van der Waals surface area (Å²) < 4.78 is 5.74. The van der Waals surface area contributed by atoms with E-state index in [-0.39, 0.29) is 12.6 Å². The van der Waals surface area contributed by atoms with Crippen LogP contribution in [0, 0.1) is 0 Å². The SMILES string of the molecule is CCC(C)c1ccccc1OCC(N)CCO. The number of rotatable bonds is 7. The van der Waals surface area contributed by atoms with Crippen molar-refractivity contribution < 1.29 is 9.84 Å². The van der Waals surface area contributed by atoms with Gasteiger partial charge in [-0.05, 0) is 30.4 Å². The van der Waals surface area contributed by atoms with E-state index in [1.165, 1.54) is 5.56 Å². The van der Waals surface area contributed by atoms with Crippen molar-refractivity contribution in [1.82, 2.24) is 0 Å². The maximum Gasteiger partial charge on any atom is 0.122 e. The summed E-state index contributed by atoms with van der Waals surface area (Å²) in [7, 11) is 0. The van der Waals surface area contributed by atoms with Crippen LogP contribution in [0.3, 0.4) is 0 Å². The van der Waals surface area contributed by atoms with E-state index in [1.54, 1.807) is 0 Å². The van der Waals surface area contributed by atoms with Crippen LogP contribution in [0.15, 0.2) is 24.3 Å². The van der Waals surface area contributed by atoms with Crippen LogP contribution < -0.4 is 10.5 Å². The van der Waals surface area contributed by atoms with Crippen molar-refractivity contribution in [1.29, 1.82) is 0 Å². The number of hydrogen-bond donors (Lipinski definition) is 2. The fourth-order valence-corrected chi connectivity index (χ4v) is 1.68. The van der Waals surface area contributed by atoms with E-state index in [0.717, 1.165) is 12.2 Å². The summed E-state index contributed by atoms with van der Waals surface area (Å²) in [5.74, 6) is 1.40. The number of ether oxygens (including phenoxy) is 1. The Kier molecular flexibility index (Phi) is 6.01. The third-order valence-electron chi connectivity index (χ3n) is 3.02. The van der Waals surface area contributed by atoms with Crippen molar-refractivity contribution in [3.8, 4) is 5.75 Å². The molecule has 0 fully saturated rings. The van der Waals surface area contributed by atoms with Gasteiger partial charge in [0, 0.05) is 12.6 Å². The summed E-state index contributed by atoms with van der Waals surface area (Å²) in [4.78, 5) is 0. The summed E-state index contributed by atoms with van der Waals surface area (Å²) in [6.07, 6.45) is 1.66. The van der Waals surface area contributed by atoms with Crippen molar-refractivity contribution in [2.24, 2.45) is 5.73 Å². The Morgan fingerprint density at radius 3 is 2.71 bits per heavy atom. The molecule has 0 amide bonds. The van der Waals surface area contributed by atoms with Gasteiger partial charge in [0.15, 0.2) is 0 Å². The molecule has 0 aliphatic carbocycles. The van der Waals surface area contributed by atoms with E-state index < -0.39 is 0 Å². The topological polar surface area (TPSA) is 55.5 Å². The van der Waals surface area contributed by atoms with Gasteiger partial charge in [0.2, 0.25) is 0 Å². The Hall–Kier alpha value is -1.06. The molecular weight excluding hydrogens is 214 g/mol. The van der Waals surface area contributed by atoms with Gasteiger partial charge in [0.1, 0.15) is 12.4 Å². The first-order valence-electron chi connectivity index (χ1n) is 6.27. The van der Waals surface area contributed by atoms with Crippen molar-refractivity contribution in [3.05, 3.63) is 29.8 Å². The lowest BCUT2D eigenvalue weighted by Crippen LogP contribution is -2.29. The number of benzene rings is 1. The molecule has 2 atom stereocenters. The normalized spacial score (nSPS) is 14.4. The van der Waals surface area contributed by atoms with E-state index in [9.17, 15) is 0 Å². The maximum atomic E-state index is 8.78. The second kappa shape index (κ2) is 7.30. The van der Waals surface area contributed by atoms with E-state index in [2.05, 4.69) is 19.9 Å². The smallest absolute Gasteiger partial charge is 0.122 e. The van der Waals surface area contributed by atoms with Gasteiger partial charge < -0.3 is 15.6 Å². The first-order chi connectivity index (χ1) is 8.19. The van der Waals surface area contributed by atoms with Crippen molar-refractivity contribution >= 4 is 0 Å². The molecule has 1 aromatic carbocycles. The van der Waals surface area contributed by atoms with Crippen LogP contribution in [-0.2, 0) is 0 Å². The predicted octanol–water partition coefficient (Wildman–Crippen LogP) is 2.29. The zero-order valence-corrected chi connectivity index (χ0v) is 10.7. The fourth-order valence-electron chi connectivity index (χ4n) is 1.68. The second-order valence-electron chi connectivity index (χ2n) is 4.43. The molecule has 0 heterocycles.